The van der Waals surface area contributed by atoms with Crippen LogP contribution in [0.15, 0.2) is 91.1 Å². The van der Waals surface area contributed by atoms with Crippen molar-refractivity contribution in [3.05, 3.63) is 113 Å². The highest BCUT2D eigenvalue weighted by molar-refractivity contribution is 7.18. The fraction of sp³-hybridized carbons (Fsp3) is 0.143. The van der Waals surface area contributed by atoms with Crippen LogP contribution in [0.25, 0.3) is 10.2 Å². The third-order valence-corrected chi connectivity index (χ3v) is 6.54. The predicted molar refractivity (Wildman–Crippen MR) is 139 cm³/mol. The molecule has 1 N–H and O–H groups in total. The minimum absolute atomic E-state index is 0.222. The van der Waals surface area contributed by atoms with E-state index in [1.165, 1.54) is 16.9 Å². The molecular formula is C28H23N5O2S. The van der Waals surface area contributed by atoms with E-state index in [2.05, 4.69) is 38.5 Å². The summed E-state index contributed by atoms with van der Waals surface area (Å²) in [4.78, 5) is 13.3. The lowest BCUT2D eigenvalue weighted by atomic mass is 10.1. The van der Waals surface area contributed by atoms with Crippen LogP contribution in [0.3, 0.4) is 0 Å². The van der Waals surface area contributed by atoms with Crippen molar-refractivity contribution in [3.8, 4) is 17.8 Å². The molecular weight excluding hydrogens is 470 g/mol. The Bertz CT molecular complexity index is 1430. The van der Waals surface area contributed by atoms with E-state index < -0.39 is 5.92 Å². The number of nitrogens with one attached hydrogen (secondary N) is 1. The summed E-state index contributed by atoms with van der Waals surface area (Å²) < 4.78 is 12.6. The number of para-hydroxylation sites is 1. The molecule has 8 heteroatoms. The predicted octanol–water partition coefficient (Wildman–Crippen LogP) is 5.45. The zero-order chi connectivity index (χ0) is 24.6. The number of hydrogen-bond acceptors (Lipinski definition) is 8. The van der Waals surface area contributed by atoms with Gasteiger partial charge in [0.1, 0.15) is 30.0 Å². The van der Waals surface area contributed by atoms with Gasteiger partial charge >= 0.3 is 6.01 Å². The molecule has 0 aliphatic heterocycles. The van der Waals surface area contributed by atoms with Gasteiger partial charge in [-0.3, -0.25) is 5.32 Å². The van der Waals surface area contributed by atoms with Crippen molar-refractivity contribution in [2.75, 3.05) is 6.73 Å². The lowest BCUT2D eigenvalue weighted by Crippen LogP contribution is -2.19. The highest BCUT2D eigenvalue weighted by atomic mass is 32.1. The molecule has 1 unspecified atom stereocenters. The van der Waals surface area contributed by atoms with Gasteiger partial charge in [0, 0.05) is 12.7 Å². The van der Waals surface area contributed by atoms with E-state index >= 15 is 0 Å². The Morgan fingerprint density at radius 1 is 0.861 bits per heavy atom. The summed E-state index contributed by atoms with van der Waals surface area (Å²) in [6.45, 7) is 1.46. The van der Waals surface area contributed by atoms with Crippen molar-refractivity contribution in [2.45, 2.75) is 19.1 Å². The zero-order valence-electron chi connectivity index (χ0n) is 19.4. The Morgan fingerprint density at radius 2 is 1.67 bits per heavy atom. The molecule has 0 fully saturated rings. The average molecular weight is 494 g/mol. The fourth-order valence-electron chi connectivity index (χ4n) is 3.60. The third kappa shape index (κ3) is 5.84. The molecule has 0 bridgehead atoms. The quantitative estimate of drug-likeness (QED) is 0.204. The molecule has 5 aromatic rings. The zero-order valence-corrected chi connectivity index (χ0v) is 20.2. The molecule has 0 saturated heterocycles. The number of nitrogens with zero attached hydrogens (tertiary/aromatic N) is 4. The molecule has 1 atom stereocenters. The topological polar surface area (TPSA) is 93.0 Å². The molecule has 2 aromatic heterocycles. The fourth-order valence-corrected chi connectivity index (χ4v) is 4.63. The molecule has 7 nitrogen and oxygen atoms in total. The molecule has 36 heavy (non-hydrogen) atoms. The second-order valence-electron chi connectivity index (χ2n) is 7.98. The van der Waals surface area contributed by atoms with Crippen LogP contribution < -0.4 is 14.8 Å². The minimum atomic E-state index is -0.584. The van der Waals surface area contributed by atoms with Crippen molar-refractivity contribution < 1.29 is 9.47 Å². The Hall–Kier alpha value is -4.32. The van der Waals surface area contributed by atoms with Crippen LogP contribution in [0.4, 0.5) is 0 Å². The van der Waals surface area contributed by atoms with Crippen LogP contribution in [0.5, 0.6) is 11.8 Å². The average Bonchev–Trinajstić information content (AvgIpc) is 3.36. The van der Waals surface area contributed by atoms with Gasteiger partial charge in [-0.15, -0.1) is 11.3 Å². The van der Waals surface area contributed by atoms with Crippen LogP contribution in [-0.4, -0.2) is 21.7 Å². The van der Waals surface area contributed by atoms with Gasteiger partial charge in [0.15, 0.2) is 0 Å². The molecule has 0 aliphatic rings. The van der Waals surface area contributed by atoms with Crippen LogP contribution >= 0.6 is 11.3 Å². The first kappa shape index (κ1) is 23.4. The minimum Gasteiger partial charge on any atom is -0.478 e. The van der Waals surface area contributed by atoms with E-state index in [0.717, 1.165) is 28.1 Å². The summed E-state index contributed by atoms with van der Waals surface area (Å²) in [6, 6.07) is 30.0. The number of hydrogen-bond donors (Lipinski definition) is 1. The first-order valence-corrected chi connectivity index (χ1v) is 12.3. The van der Waals surface area contributed by atoms with Gasteiger partial charge in [-0.1, -0.05) is 54.6 Å². The summed E-state index contributed by atoms with van der Waals surface area (Å²) in [6.07, 6.45) is 1.61. The highest BCUT2D eigenvalue weighted by Gasteiger charge is 2.20. The standard InChI is InChI=1S/C28H23N5O2S/c29-16-23(27-32-25-8-4-5-9-26(25)36-27)24-14-15-31-28(33-24)34-18-21-10-12-22(13-11-21)35-19-30-17-20-6-2-1-3-7-20/h1-15,23,30H,17-19H2. The van der Waals surface area contributed by atoms with Gasteiger partial charge in [-0.05, 0) is 41.5 Å². The number of thiazole rings is 1. The highest BCUT2D eigenvalue weighted by Crippen LogP contribution is 2.31. The van der Waals surface area contributed by atoms with Crippen molar-refractivity contribution in [3.63, 3.8) is 0 Å². The van der Waals surface area contributed by atoms with Gasteiger partial charge in [-0.25, -0.2) is 9.97 Å². The van der Waals surface area contributed by atoms with E-state index in [-0.39, 0.29) is 6.01 Å². The Balaban J connectivity index is 1.15. The summed E-state index contributed by atoms with van der Waals surface area (Å²) in [7, 11) is 0. The first-order valence-electron chi connectivity index (χ1n) is 11.5. The van der Waals surface area contributed by atoms with Crippen LogP contribution in [0, 0.1) is 11.3 Å². The summed E-state index contributed by atoms with van der Waals surface area (Å²) >= 11 is 1.50. The molecule has 0 spiro atoms. The van der Waals surface area contributed by atoms with E-state index in [4.69, 9.17) is 9.47 Å². The van der Waals surface area contributed by atoms with E-state index in [9.17, 15) is 5.26 Å². The molecule has 3 aromatic carbocycles. The number of rotatable bonds is 10. The van der Waals surface area contributed by atoms with Gasteiger partial charge in [0.25, 0.3) is 0 Å². The van der Waals surface area contributed by atoms with Crippen molar-refractivity contribution >= 4 is 21.6 Å². The summed E-state index contributed by atoms with van der Waals surface area (Å²) in [5.74, 6) is 0.185. The Kier molecular flexibility index (Phi) is 7.42. The van der Waals surface area contributed by atoms with Gasteiger partial charge < -0.3 is 9.47 Å². The SMILES string of the molecule is N#CC(c1ccnc(OCc2ccc(OCNCc3ccccc3)cc2)n1)c1nc2ccccc2s1. The summed E-state index contributed by atoms with van der Waals surface area (Å²) in [5.41, 5.74) is 3.61. The monoisotopic (exact) mass is 493 g/mol. The van der Waals surface area contributed by atoms with Crippen molar-refractivity contribution in [2.24, 2.45) is 0 Å². The lowest BCUT2D eigenvalue weighted by molar-refractivity contribution is 0.276. The van der Waals surface area contributed by atoms with Crippen LogP contribution in [-0.2, 0) is 13.2 Å². The van der Waals surface area contributed by atoms with Crippen LogP contribution in [0.2, 0.25) is 0 Å². The van der Waals surface area contributed by atoms with Crippen molar-refractivity contribution in [1.29, 1.82) is 5.26 Å². The van der Waals surface area contributed by atoms with Crippen molar-refractivity contribution in [1.82, 2.24) is 20.3 Å². The smallest absolute Gasteiger partial charge is 0.316 e. The Morgan fingerprint density at radius 3 is 2.47 bits per heavy atom. The number of ether oxygens (including phenoxy) is 2. The maximum Gasteiger partial charge on any atom is 0.316 e. The van der Waals surface area contributed by atoms with E-state index in [1.54, 1.807) is 12.3 Å². The molecule has 2 heterocycles. The first-order chi connectivity index (χ1) is 17.8. The molecule has 0 aliphatic carbocycles. The van der Waals surface area contributed by atoms with Gasteiger partial charge in [0.2, 0.25) is 0 Å². The number of benzene rings is 3. The number of nitriles is 1. The number of aromatic nitrogens is 3. The molecule has 0 saturated carbocycles. The maximum absolute atomic E-state index is 9.82. The third-order valence-electron chi connectivity index (χ3n) is 5.44. The van der Waals surface area contributed by atoms with E-state index in [0.29, 0.717) is 24.0 Å². The summed E-state index contributed by atoms with van der Waals surface area (Å²) in [5, 5.41) is 13.8. The largest absolute Gasteiger partial charge is 0.478 e. The second kappa shape index (κ2) is 11.4. The maximum atomic E-state index is 9.82. The van der Waals surface area contributed by atoms with E-state index in [1.807, 2.05) is 66.7 Å². The van der Waals surface area contributed by atoms with Crippen LogP contribution in [0.1, 0.15) is 27.7 Å². The number of fused-ring (bicyclic) bond motifs is 1. The molecule has 5 rings (SSSR count). The molecule has 0 amide bonds. The molecule has 0 radical (unpaired) electrons. The normalized spacial score (nSPS) is 11.6. The van der Waals surface area contributed by atoms with Gasteiger partial charge in [0.05, 0.1) is 22.0 Å². The Labute approximate surface area is 213 Å². The molecule has 178 valence electrons. The lowest BCUT2D eigenvalue weighted by Gasteiger charge is -2.10. The van der Waals surface area contributed by atoms with Gasteiger partial charge in [-0.2, -0.15) is 10.2 Å². The second-order valence-corrected chi connectivity index (χ2v) is 9.04.